The van der Waals surface area contributed by atoms with Gasteiger partial charge in [-0.15, -0.1) is 0 Å². The number of hydrogen-bond donors (Lipinski definition) is 2. The first-order chi connectivity index (χ1) is 7.45. The molecule has 0 spiro atoms. The van der Waals surface area contributed by atoms with Gasteiger partial charge in [-0.2, -0.15) is 0 Å². The van der Waals surface area contributed by atoms with E-state index in [4.69, 9.17) is 19.7 Å². The summed E-state index contributed by atoms with van der Waals surface area (Å²) >= 11 is 0. The molecule has 0 aromatic carbocycles. The van der Waals surface area contributed by atoms with Crippen LogP contribution in [0.2, 0.25) is 0 Å². The maximum atomic E-state index is 9.60. The van der Waals surface area contributed by atoms with E-state index in [0.717, 1.165) is 0 Å². The first kappa shape index (κ1) is 17.5. The van der Waals surface area contributed by atoms with Crippen molar-refractivity contribution in [3.05, 3.63) is 12.2 Å². The van der Waals surface area contributed by atoms with Crippen LogP contribution in [0.1, 0.15) is 20.8 Å². The molecule has 0 rings (SSSR count). The Morgan fingerprint density at radius 2 is 1.56 bits per heavy atom. The Morgan fingerprint density at radius 1 is 1.25 bits per heavy atom. The lowest BCUT2D eigenvalue weighted by Crippen LogP contribution is -2.21. The summed E-state index contributed by atoms with van der Waals surface area (Å²) in [6.45, 7) is 10.4. The molecule has 2 N–H and O–H groups in total. The van der Waals surface area contributed by atoms with Gasteiger partial charge in [0, 0.05) is 18.8 Å². The molecule has 0 saturated carbocycles. The Balaban J connectivity index is 0. The lowest BCUT2D eigenvalue weighted by molar-refractivity contribution is -0.132. The molecule has 0 radical (unpaired) electrons. The molecule has 0 aliphatic heterocycles. The Bertz CT molecular complexity index is 171. The zero-order valence-electron chi connectivity index (χ0n) is 10.2. The van der Waals surface area contributed by atoms with Crippen LogP contribution in [0.3, 0.4) is 0 Å². The van der Waals surface area contributed by atoms with Gasteiger partial charge in [-0.1, -0.05) is 6.58 Å². The molecule has 0 heterocycles. The van der Waals surface area contributed by atoms with Crippen LogP contribution >= 0.6 is 0 Å². The Hall–Kier alpha value is -0.910. The van der Waals surface area contributed by atoms with Crippen LogP contribution in [-0.4, -0.2) is 48.7 Å². The molecule has 0 saturated heterocycles. The summed E-state index contributed by atoms with van der Waals surface area (Å²) in [6.07, 6.45) is -0.472. The molecule has 0 aromatic heterocycles. The van der Waals surface area contributed by atoms with Crippen molar-refractivity contribution in [3.63, 3.8) is 0 Å². The predicted octanol–water partition coefficient (Wildman–Crippen LogP) is 1.07. The van der Waals surface area contributed by atoms with Crippen molar-refractivity contribution in [3.8, 4) is 0 Å². The van der Waals surface area contributed by atoms with Crippen LogP contribution in [-0.2, 0) is 14.3 Å². The van der Waals surface area contributed by atoms with E-state index in [0.29, 0.717) is 26.4 Å². The van der Waals surface area contributed by atoms with E-state index < -0.39 is 12.1 Å². The number of ether oxygens (including phenoxy) is 2. The second-order valence-corrected chi connectivity index (χ2v) is 3.06. The Labute approximate surface area is 96.7 Å². The first-order valence-corrected chi connectivity index (χ1v) is 5.17. The van der Waals surface area contributed by atoms with E-state index in [1.165, 1.54) is 6.92 Å². The number of aliphatic hydroxyl groups is 1. The molecular weight excluding hydrogens is 212 g/mol. The van der Waals surface area contributed by atoms with E-state index in [2.05, 4.69) is 6.58 Å². The zero-order valence-corrected chi connectivity index (χ0v) is 10.2. The summed E-state index contributed by atoms with van der Waals surface area (Å²) in [5, 5.41) is 17.0. The molecule has 16 heavy (non-hydrogen) atoms. The number of carboxylic acids is 1. The number of aliphatic hydroxyl groups excluding tert-OH is 1. The molecule has 0 aromatic rings. The molecule has 0 amide bonds. The van der Waals surface area contributed by atoms with E-state index in [9.17, 15) is 4.79 Å². The van der Waals surface area contributed by atoms with Crippen LogP contribution < -0.4 is 0 Å². The average Bonchev–Trinajstić information content (AvgIpc) is 2.24. The summed E-state index contributed by atoms with van der Waals surface area (Å²) in [5.74, 6) is -0.935. The molecule has 0 atom stereocenters. The molecule has 0 bridgehead atoms. The highest BCUT2D eigenvalue weighted by molar-refractivity contribution is 5.84. The summed E-state index contributed by atoms with van der Waals surface area (Å²) in [5.41, 5.74) is 0.176. The van der Waals surface area contributed by atoms with Gasteiger partial charge in [0.2, 0.25) is 0 Å². The van der Waals surface area contributed by atoms with E-state index in [-0.39, 0.29) is 5.57 Å². The lowest BCUT2D eigenvalue weighted by atomic mass is 10.4. The van der Waals surface area contributed by atoms with Gasteiger partial charge >= 0.3 is 5.97 Å². The molecule has 5 heteroatoms. The van der Waals surface area contributed by atoms with Crippen LogP contribution in [0.4, 0.5) is 0 Å². The molecule has 96 valence electrons. The summed E-state index contributed by atoms with van der Waals surface area (Å²) < 4.78 is 9.92. The molecule has 0 aliphatic carbocycles. The highest BCUT2D eigenvalue weighted by atomic mass is 16.5. The molecular formula is C11H22O5. The molecule has 0 aliphatic rings. The van der Waals surface area contributed by atoms with Crippen molar-refractivity contribution < 1.29 is 24.5 Å². The molecule has 0 unspecified atom stereocenters. The number of rotatable bonds is 7. The Morgan fingerprint density at radius 3 is 1.75 bits per heavy atom. The Kier molecular flexibility index (Phi) is 13.3. The van der Waals surface area contributed by atoms with E-state index in [1.807, 2.05) is 13.8 Å². The minimum absolute atomic E-state index is 0.176. The highest BCUT2D eigenvalue weighted by Gasteiger charge is 2.01. The van der Waals surface area contributed by atoms with Crippen LogP contribution in [0.5, 0.6) is 0 Å². The van der Waals surface area contributed by atoms with Crippen molar-refractivity contribution in [1.82, 2.24) is 0 Å². The van der Waals surface area contributed by atoms with Gasteiger partial charge in [-0.05, 0) is 20.8 Å². The normalized spacial score (nSPS) is 9.56. The fourth-order valence-electron chi connectivity index (χ4n) is 0.556. The van der Waals surface area contributed by atoms with Crippen LogP contribution in [0, 0.1) is 0 Å². The third kappa shape index (κ3) is 15.6. The minimum atomic E-state index is -0.935. The number of hydrogen-bond acceptors (Lipinski definition) is 4. The van der Waals surface area contributed by atoms with Gasteiger partial charge in [0.1, 0.15) is 6.10 Å². The summed E-state index contributed by atoms with van der Waals surface area (Å²) in [6, 6.07) is 0. The maximum Gasteiger partial charge on any atom is 0.330 e. The van der Waals surface area contributed by atoms with Crippen LogP contribution in [0.15, 0.2) is 12.2 Å². The predicted molar refractivity (Wildman–Crippen MR) is 61.4 cm³/mol. The molecule has 0 fully saturated rings. The fraction of sp³-hybridized carbons (Fsp3) is 0.727. The molecule has 5 nitrogen and oxygen atoms in total. The minimum Gasteiger partial charge on any atom is -0.478 e. The van der Waals surface area contributed by atoms with Gasteiger partial charge < -0.3 is 19.7 Å². The SMILES string of the molecule is C=C(C)C(=O)O.CCOCC(O)COCC. The summed E-state index contributed by atoms with van der Waals surface area (Å²) in [7, 11) is 0. The fourth-order valence-corrected chi connectivity index (χ4v) is 0.556. The van der Waals surface area contributed by atoms with Gasteiger partial charge in [0.05, 0.1) is 13.2 Å². The lowest BCUT2D eigenvalue weighted by Gasteiger charge is -2.09. The third-order valence-corrected chi connectivity index (χ3v) is 1.39. The van der Waals surface area contributed by atoms with Gasteiger partial charge in [-0.3, -0.25) is 0 Å². The second kappa shape index (κ2) is 12.2. The van der Waals surface area contributed by atoms with Crippen molar-refractivity contribution >= 4 is 5.97 Å². The maximum absolute atomic E-state index is 9.60. The highest BCUT2D eigenvalue weighted by Crippen LogP contribution is 1.86. The average molecular weight is 234 g/mol. The van der Waals surface area contributed by atoms with Crippen molar-refractivity contribution in [1.29, 1.82) is 0 Å². The number of carboxylic acid groups (broad SMARTS) is 1. The van der Waals surface area contributed by atoms with Crippen molar-refractivity contribution in [2.75, 3.05) is 26.4 Å². The van der Waals surface area contributed by atoms with Crippen LogP contribution in [0.25, 0.3) is 0 Å². The second-order valence-electron chi connectivity index (χ2n) is 3.06. The number of carbonyl (C=O) groups is 1. The standard InChI is InChI=1S/C7H16O3.C4H6O2/c1-3-9-5-7(8)6-10-4-2;1-3(2)4(5)6/h7-8H,3-6H2,1-2H3;1H2,2H3,(H,5,6). The number of aliphatic carboxylic acids is 1. The third-order valence-electron chi connectivity index (χ3n) is 1.39. The monoisotopic (exact) mass is 234 g/mol. The van der Waals surface area contributed by atoms with Crippen molar-refractivity contribution in [2.45, 2.75) is 26.9 Å². The van der Waals surface area contributed by atoms with Crippen molar-refractivity contribution in [2.24, 2.45) is 0 Å². The van der Waals surface area contributed by atoms with Gasteiger partial charge in [0.15, 0.2) is 0 Å². The van der Waals surface area contributed by atoms with Gasteiger partial charge in [-0.25, -0.2) is 4.79 Å². The topological polar surface area (TPSA) is 76.0 Å². The smallest absolute Gasteiger partial charge is 0.330 e. The van der Waals surface area contributed by atoms with Gasteiger partial charge in [0.25, 0.3) is 0 Å². The van der Waals surface area contributed by atoms with E-state index in [1.54, 1.807) is 0 Å². The first-order valence-electron chi connectivity index (χ1n) is 5.17. The largest absolute Gasteiger partial charge is 0.478 e. The summed E-state index contributed by atoms with van der Waals surface area (Å²) in [4.78, 5) is 9.60. The zero-order chi connectivity index (χ0) is 13.0. The quantitative estimate of drug-likeness (QED) is 0.644. The van der Waals surface area contributed by atoms with E-state index >= 15 is 0 Å².